The van der Waals surface area contributed by atoms with Crippen LogP contribution in [0.5, 0.6) is 0 Å². The van der Waals surface area contributed by atoms with Crippen LogP contribution in [-0.4, -0.2) is 27.9 Å². The molecular weight excluding hydrogens is 250 g/mol. The maximum atomic E-state index is 4.31. The molecule has 0 amide bonds. The molecule has 0 saturated carbocycles. The van der Waals surface area contributed by atoms with Crippen LogP contribution in [0.2, 0.25) is 0 Å². The van der Waals surface area contributed by atoms with Gasteiger partial charge in [-0.3, -0.25) is 4.68 Å². The van der Waals surface area contributed by atoms with Crippen molar-refractivity contribution in [3.63, 3.8) is 0 Å². The molecule has 1 aliphatic heterocycles. The maximum absolute atomic E-state index is 4.31. The molecule has 0 aliphatic carbocycles. The van der Waals surface area contributed by atoms with Gasteiger partial charge in [0.05, 0.1) is 0 Å². The second kappa shape index (κ2) is 6.15. The van der Waals surface area contributed by atoms with Gasteiger partial charge in [-0.25, -0.2) is 4.98 Å². The van der Waals surface area contributed by atoms with Gasteiger partial charge in [-0.05, 0) is 24.1 Å². The molecule has 1 atom stereocenters. The molecule has 1 unspecified atom stereocenters. The van der Waals surface area contributed by atoms with E-state index in [1.807, 2.05) is 7.05 Å². The average Bonchev–Trinajstić information content (AvgIpc) is 2.76. The number of benzene rings is 1. The first kappa shape index (κ1) is 13.3. The van der Waals surface area contributed by atoms with E-state index in [1.165, 1.54) is 11.1 Å². The molecule has 0 spiro atoms. The first-order valence-electron chi connectivity index (χ1n) is 7.19. The maximum Gasteiger partial charge on any atom is 0.151 e. The summed E-state index contributed by atoms with van der Waals surface area (Å²) in [6, 6.07) is 9.10. The summed E-state index contributed by atoms with van der Waals surface area (Å²) in [7, 11) is 1.90. The number of aryl methyl sites for hydroxylation is 1. The molecule has 0 radical (unpaired) electrons. The number of rotatable bonds is 4. The molecule has 106 valence electrons. The van der Waals surface area contributed by atoms with Gasteiger partial charge in [0.1, 0.15) is 6.33 Å². The Morgan fingerprint density at radius 3 is 3.15 bits per heavy atom. The molecule has 1 aromatic heterocycles. The fourth-order valence-corrected chi connectivity index (χ4v) is 2.73. The molecule has 2 heterocycles. The number of fused-ring (bicyclic) bond motifs is 1. The highest BCUT2D eigenvalue weighted by Gasteiger charge is 2.17. The van der Waals surface area contributed by atoms with E-state index in [2.05, 4.69) is 45.0 Å². The summed E-state index contributed by atoms with van der Waals surface area (Å²) < 4.78 is 1.75. The molecule has 5 heteroatoms. The Labute approximate surface area is 119 Å². The van der Waals surface area contributed by atoms with Gasteiger partial charge < -0.3 is 10.6 Å². The van der Waals surface area contributed by atoms with Gasteiger partial charge in [-0.2, -0.15) is 5.10 Å². The van der Waals surface area contributed by atoms with Crippen molar-refractivity contribution >= 4 is 0 Å². The number of nitrogens with zero attached hydrogens (tertiary/aromatic N) is 3. The smallest absolute Gasteiger partial charge is 0.151 e. The van der Waals surface area contributed by atoms with E-state index in [0.717, 1.165) is 38.3 Å². The zero-order valence-electron chi connectivity index (χ0n) is 11.8. The molecule has 20 heavy (non-hydrogen) atoms. The van der Waals surface area contributed by atoms with Gasteiger partial charge in [-0.15, -0.1) is 0 Å². The Hall–Kier alpha value is -1.72. The number of hydrogen-bond acceptors (Lipinski definition) is 4. The molecular formula is C15H21N5. The molecule has 3 rings (SSSR count). The van der Waals surface area contributed by atoms with Gasteiger partial charge in [0.15, 0.2) is 5.82 Å². The van der Waals surface area contributed by atoms with E-state index in [4.69, 9.17) is 0 Å². The van der Waals surface area contributed by atoms with Crippen molar-refractivity contribution in [1.82, 2.24) is 25.4 Å². The summed E-state index contributed by atoms with van der Waals surface area (Å²) >= 11 is 0. The van der Waals surface area contributed by atoms with Crippen molar-refractivity contribution in [2.24, 2.45) is 7.05 Å². The lowest BCUT2D eigenvalue weighted by Crippen LogP contribution is -2.25. The predicted molar refractivity (Wildman–Crippen MR) is 78.2 cm³/mol. The lowest BCUT2D eigenvalue weighted by atomic mass is 9.99. The minimum absolute atomic E-state index is 0.421. The van der Waals surface area contributed by atoms with Gasteiger partial charge >= 0.3 is 0 Å². The highest BCUT2D eigenvalue weighted by Crippen LogP contribution is 2.23. The van der Waals surface area contributed by atoms with E-state index in [-0.39, 0.29) is 0 Å². The van der Waals surface area contributed by atoms with Gasteiger partial charge in [0, 0.05) is 32.6 Å². The topological polar surface area (TPSA) is 54.8 Å². The van der Waals surface area contributed by atoms with E-state index < -0.39 is 0 Å². The third kappa shape index (κ3) is 3.05. The fraction of sp³-hybridized carbons (Fsp3) is 0.467. The number of aromatic nitrogens is 3. The Bertz CT molecular complexity index is 563. The number of hydrogen-bond donors (Lipinski definition) is 2. The summed E-state index contributed by atoms with van der Waals surface area (Å²) in [4.78, 5) is 4.26. The van der Waals surface area contributed by atoms with Crippen LogP contribution < -0.4 is 10.6 Å². The van der Waals surface area contributed by atoms with Gasteiger partial charge in [0.25, 0.3) is 0 Å². The van der Waals surface area contributed by atoms with Crippen LogP contribution in [0.3, 0.4) is 0 Å². The van der Waals surface area contributed by atoms with Crippen molar-refractivity contribution in [2.45, 2.75) is 25.4 Å². The lowest BCUT2D eigenvalue weighted by molar-refractivity contribution is 0.496. The molecule has 0 fully saturated rings. The second-order valence-electron chi connectivity index (χ2n) is 5.26. The molecule has 2 aromatic rings. The van der Waals surface area contributed by atoms with Crippen LogP contribution in [-0.2, 0) is 20.0 Å². The van der Waals surface area contributed by atoms with Crippen molar-refractivity contribution in [3.8, 4) is 0 Å². The average molecular weight is 271 g/mol. The second-order valence-corrected chi connectivity index (χ2v) is 5.26. The van der Waals surface area contributed by atoms with Crippen LogP contribution in [0, 0.1) is 0 Å². The minimum atomic E-state index is 0.421. The zero-order chi connectivity index (χ0) is 13.8. The first-order chi connectivity index (χ1) is 9.83. The molecule has 1 aliphatic rings. The third-order valence-corrected chi connectivity index (χ3v) is 3.74. The van der Waals surface area contributed by atoms with Crippen LogP contribution >= 0.6 is 0 Å². The Kier molecular flexibility index (Phi) is 4.08. The fourth-order valence-electron chi connectivity index (χ4n) is 2.73. The highest BCUT2D eigenvalue weighted by atomic mass is 15.3. The quantitative estimate of drug-likeness (QED) is 0.877. The largest absolute Gasteiger partial charge is 0.313 e. The van der Waals surface area contributed by atoms with Crippen molar-refractivity contribution in [1.29, 1.82) is 0 Å². The van der Waals surface area contributed by atoms with E-state index in [0.29, 0.717) is 6.04 Å². The van der Waals surface area contributed by atoms with E-state index >= 15 is 0 Å². The SMILES string of the molecule is Cn1cnc(CCNC2CCNCc3ccccc32)n1. The van der Waals surface area contributed by atoms with Crippen molar-refractivity contribution < 1.29 is 0 Å². The van der Waals surface area contributed by atoms with E-state index in [1.54, 1.807) is 11.0 Å². The lowest BCUT2D eigenvalue weighted by Gasteiger charge is -2.18. The van der Waals surface area contributed by atoms with Crippen molar-refractivity contribution in [2.75, 3.05) is 13.1 Å². The van der Waals surface area contributed by atoms with Gasteiger partial charge in [0.2, 0.25) is 0 Å². The van der Waals surface area contributed by atoms with Crippen LogP contribution in [0.1, 0.15) is 29.4 Å². The molecule has 0 saturated heterocycles. The minimum Gasteiger partial charge on any atom is -0.313 e. The zero-order valence-corrected chi connectivity index (χ0v) is 11.8. The Morgan fingerprint density at radius 2 is 2.30 bits per heavy atom. The molecule has 5 nitrogen and oxygen atoms in total. The summed E-state index contributed by atoms with van der Waals surface area (Å²) in [5, 5.41) is 11.4. The van der Waals surface area contributed by atoms with Gasteiger partial charge in [-0.1, -0.05) is 24.3 Å². The van der Waals surface area contributed by atoms with Crippen LogP contribution in [0.25, 0.3) is 0 Å². The number of nitrogens with one attached hydrogen (secondary N) is 2. The molecule has 1 aromatic carbocycles. The van der Waals surface area contributed by atoms with Crippen LogP contribution in [0.15, 0.2) is 30.6 Å². The Morgan fingerprint density at radius 1 is 1.40 bits per heavy atom. The summed E-state index contributed by atoms with van der Waals surface area (Å²) in [6.07, 6.45) is 3.74. The Balaban J connectivity index is 1.62. The first-order valence-corrected chi connectivity index (χ1v) is 7.19. The van der Waals surface area contributed by atoms with E-state index in [9.17, 15) is 0 Å². The summed E-state index contributed by atoms with van der Waals surface area (Å²) in [5.74, 6) is 0.903. The van der Waals surface area contributed by atoms with Crippen LogP contribution in [0.4, 0.5) is 0 Å². The third-order valence-electron chi connectivity index (χ3n) is 3.74. The monoisotopic (exact) mass is 271 g/mol. The van der Waals surface area contributed by atoms with Crippen molar-refractivity contribution in [3.05, 3.63) is 47.5 Å². The summed E-state index contributed by atoms with van der Waals surface area (Å²) in [5.41, 5.74) is 2.82. The molecule has 0 bridgehead atoms. The standard InChI is InChI=1S/C15H21N5/c1-20-11-18-15(19-20)7-9-17-14-6-8-16-10-12-4-2-3-5-13(12)14/h2-5,11,14,16-17H,6-10H2,1H3. The molecule has 2 N–H and O–H groups in total. The summed E-state index contributed by atoms with van der Waals surface area (Å²) in [6.45, 7) is 2.92. The highest BCUT2D eigenvalue weighted by molar-refractivity contribution is 5.30. The normalized spacial score (nSPS) is 18.6. The predicted octanol–water partition coefficient (Wildman–Crippen LogP) is 1.18.